The molecular formula is C18H12F2N8OS. The van der Waals surface area contributed by atoms with E-state index in [4.69, 9.17) is 10.2 Å². The van der Waals surface area contributed by atoms with Gasteiger partial charge in [-0.25, -0.2) is 9.67 Å². The lowest BCUT2D eigenvalue weighted by Crippen LogP contribution is -2.02. The van der Waals surface area contributed by atoms with Crippen LogP contribution in [0, 0.1) is 0 Å². The minimum absolute atomic E-state index is 0.0111. The maximum atomic E-state index is 12.6. The summed E-state index contributed by atoms with van der Waals surface area (Å²) in [6.45, 7) is 0.370. The number of alkyl halides is 2. The summed E-state index contributed by atoms with van der Waals surface area (Å²) in [7, 11) is 0. The van der Waals surface area contributed by atoms with Crippen LogP contribution in [0.25, 0.3) is 32.9 Å². The Hall–Kier alpha value is -3.80. The number of nitrogen functional groups attached to an aromatic ring is 1. The molecule has 0 unspecified atom stereocenters. The Bertz CT molecular complexity index is 1330. The van der Waals surface area contributed by atoms with Gasteiger partial charge < -0.3 is 10.2 Å². The van der Waals surface area contributed by atoms with Gasteiger partial charge in [-0.05, 0) is 18.2 Å². The fraction of sp³-hybridized carbons (Fsp3) is 0.111. The molecule has 2 N–H and O–H groups in total. The van der Waals surface area contributed by atoms with Gasteiger partial charge in [0.25, 0.3) is 5.89 Å². The highest BCUT2D eigenvalue weighted by Gasteiger charge is 2.17. The normalized spacial score (nSPS) is 11.6. The predicted octanol–water partition coefficient (Wildman–Crippen LogP) is 3.57. The summed E-state index contributed by atoms with van der Waals surface area (Å²) in [4.78, 5) is 8.68. The number of halogens is 2. The van der Waals surface area contributed by atoms with E-state index in [1.54, 1.807) is 23.0 Å². The molecule has 0 fully saturated rings. The summed E-state index contributed by atoms with van der Waals surface area (Å²) in [5, 5.41) is 15.8. The maximum absolute atomic E-state index is 12.6. The third-order valence-corrected chi connectivity index (χ3v) is 5.12. The second-order valence-electron chi connectivity index (χ2n) is 6.29. The van der Waals surface area contributed by atoms with Crippen molar-refractivity contribution in [3.8, 4) is 22.7 Å². The summed E-state index contributed by atoms with van der Waals surface area (Å²) in [5.74, 6) is -0.732. The first-order chi connectivity index (χ1) is 14.6. The number of hydrogen-bond acceptors (Lipinski definition) is 9. The molecule has 0 saturated carbocycles. The van der Waals surface area contributed by atoms with E-state index in [9.17, 15) is 8.78 Å². The Morgan fingerprint density at radius 1 is 1.13 bits per heavy atom. The summed E-state index contributed by atoms with van der Waals surface area (Å²) in [6.07, 6.45) is 0.466. The lowest BCUT2D eigenvalue weighted by atomic mass is 10.1. The third-order valence-electron chi connectivity index (χ3n) is 4.27. The molecule has 0 radical (unpaired) electrons. The number of nitrogens with two attached hydrogens (primary N) is 1. The molecule has 5 rings (SSSR count). The summed E-state index contributed by atoms with van der Waals surface area (Å²) < 4.78 is 32.7. The molecule has 0 amide bonds. The van der Waals surface area contributed by atoms with Crippen LogP contribution in [0.5, 0.6) is 0 Å². The van der Waals surface area contributed by atoms with Crippen LogP contribution in [0.15, 0.2) is 47.1 Å². The van der Waals surface area contributed by atoms with Crippen molar-refractivity contribution in [1.29, 1.82) is 0 Å². The largest absolute Gasteiger partial charge is 0.415 e. The molecule has 0 spiro atoms. The standard InChI is InChI=1S/C18H12F2N8OS/c19-15(20)17-26-25-16(29-17)9-4-5-10(22-6-9)7-28-8-12(24-27-28)11-2-1-3-13-14(11)23-18(21)30-13/h1-6,8,15H,7H2,(H2,21,23). The van der Waals surface area contributed by atoms with E-state index in [0.717, 1.165) is 15.8 Å². The zero-order chi connectivity index (χ0) is 20.7. The van der Waals surface area contributed by atoms with Crippen molar-refractivity contribution in [2.45, 2.75) is 13.0 Å². The lowest BCUT2D eigenvalue weighted by molar-refractivity contribution is 0.116. The minimum atomic E-state index is -2.81. The number of rotatable bonds is 5. The molecule has 4 heterocycles. The van der Waals surface area contributed by atoms with Crippen molar-refractivity contribution >= 4 is 26.7 Å². The van der Waals surface area contributed by atoms with Crippen LogP contribution in [0.3, 0.4) is 0 Å². The van der Waals surface area contributed by atoms with Gasteiger partial charge in [0.05, 0.1) is 34.2 Å². The van der Waals surface area contributed by atoms with Crippen molar-refractivity contribution in [1.82, 2.24) is 35.2 Å². The van der Waals surface area contributed by atoms with Crippen molar-refractivity contribution in [2.24, 2.45) is 0 Å². The van der Waals surface area contributed by atoms with Crippen LogP contribution in [-0.2, 0) is 6.54 Å². The highest BCUT2D eigenvalue weighted by atomic mass is 32.1. The number of fused-ring (bicyclic) bond motifs is 1. The molecule has 0 atom stereocenters. The average Bonchev–Trinajstić information content (AvgIpc) is 3.47. The SMILES string of the molecule is Nc1nc2c(-c3cn(Cc4ccc(-c5nnc(C(F)F)o5)cn4)nn3)cccc2s1. The Labute approximate surface area is 171 Å². The van der Waals surface area contributed by atoms with Crippen molar-refractivity contribution in [3.63, 3.8) is 0 Å². The quantitative estimate of drug-likeness (QED) is 0.453. The number of anilines is 1. The number of pyridine rings is 1. The molecule has 0 aliphatic rings. The molecular weight excluding hydrogens is 414 g/mol. The van der Waals surface area contributed by atoms with Gasteiger partial charge in [-0.3, -0.25) is 4.98 Å². The van der Waals surface area contributed by atoms with E-state index < -0.39 is 12.3 Å². The van der Waals surface area contributed by atoms with Gasteiger partial charge >= 0.3 is 6.43 Å². The highest BCUT2D eigenvalue weighted by Crippen LogP contribution is 2.31. The number of nitrogens with zero attached hydrogens (tertiary/aromatic N) is 7. The molecule has 150 valence electrons. The Morgan fingerprint density at radius 3 is 2.80 bits per heavy atom. The fourth-order valence-corrected chi connectivity index (χ4v) is 3.68. The molecule has 0 bridgehead atoms. The van der Waals surface area contributed by atoms with Crippen LogP contribution in [0.2, 0.25) is 0 Å². The molecule has 0 aliphatic carbocycles. The van der Waals surface area contributed by atoms with E-state index in [2.05, 4.69) is 30.5 Å². The highest BCUT2D eigenvalue weighted by molar-refractivity contribution is 7.22. The van der Waals surface area contributed by atoms with Crippen LogP contribution in [0.1, 0.15) is 18.0 Å². The van der Waals surface area contributed by atoms with Gasteiger partial charge in [-0.1, -0.05) is 28.7 Å². The second kappa shape index (κ2) is 7.22. The molecule has 5 aromatic rings. The van der Waals surface area contributed by atoms with Gasteiger partial charge in [-0.2, -0.15) is 8.78 Å². The van der Waals surface area contributed by atoms with Crippen LogP contribution in [0.4, 0.5) is 13.9 Å². The van der Waals surface area contributed by atoms with E-state index in [1.807, 2.05) is 18.2 Å². The van der Waals surface area contributed by atoms with Crippen LogP contribution in [-0.4, -0.2) is 35.2 Å². The van der Waals surface area contributed by atoms with Crippen LogP contribution >= 0.6 is 11.3 Å². The fourth-order valence-electron chi connectivity index (χ4n) is 2.92. The zero-order valence-electron chi connectivity index (χ0n) is 15.1. The number of benzene rings is 1. The second-order valence-corrected chi connectivity index (χ2v) is 7.35. The summed E-state index contributed by atoms with van der Waals surface area (Å²) in [5.41, 5.74) is 9.28. The molecule has 30 heavy (non-hydrogen) atoms. The van der Waals surface area contributed by atoms with Gasteiger partial charge in [0.2, 0.25) is 5.89 Å². The Balaban J connectivity index is 1.36. The average molecular weight is 426 g/mol. The molecule has 0 aliphatic heterocycles. The first-order valence-corrected chi connectivity index (χ1v) is 9.51. The topological polar surface area (TPSA) is 121 Å². The number of para-hydroxylation sites is 1. The monoisotopic (exact) mass is 426 g/mol. The van der Waals surface area contributed by atoms with Gasteiger partial charge in [0.15, 0.2) is 5.13 Å². The van der Waals surface area contributed by atoms with Gasteiger partial charge in [-0.15, -0.1) is 15.3 Å². The summed E-state index contributed by atoms with van der Waals surface area (Å²) in [6, 6.07) is 9.19. The van der Waals surface area contributed by atoms with Crippen molar-refractivity contribution in [2.75, 3.05) is 5.73 Å². The summed E-state index contributed by atoms with van der Waals surface area (Å²) >= 11 is 1.42. The molecule has 12 heteroatoms. The first-order valence-electron chi connectivity index (χ1n) is 8.69. The van der Waals surface area contributed by atoms with Gasteiger partial charge in [0, 0.05) is 11.8 Å². The van der Waals surface area contributed by atoms with E-state index in [0.29, 0.717) is 28.6 Å². The maximum Gasteiger partial charge on any atom is 0.314 e. The predicted molar refractivity (Wildman–Crippen MR) is 105 cm³/mol. The third kappa shape index (κ3) is 3.37. The number of hydrogen-bond donors (Lipinski definition) is 1. The van der Waals surface area contributed by atoms with Crippen molar-refractivity contribution < 1.29 is 13.2 Å². The van der Waals surface area contributed by atoms with E-state index in [1.165, 1.54) is 17.5 Å². The number of thiazole rings is 1. The Morgan fingerprint density at radius 2 is 2.03 bits per heavy atom. The lowest BCUT2D eigenvalue weighted by Gasteiger charge is -2.01. The molecule has 0 saturated heterocycles. The zero-order valence-corrected chi connectivity index (χ0v) is 15.9. The molecule has 4 aromatic heterocycles. The minimum Gasteiger partial charge on any atom is -0.415 e. The smallest absolute Gasteiger partial charge is 0.314 e. The van der Waals surface area contributed by atoms with Gasteiger partial charge in [0.1, 0.15) is 5.69 Å². The van der Waals surface area contributed by atoms with E-state index >= 15 is 0 Å². The molecule has 9 nitrogen and oxygen atoms in total. The van der Waals surface area contributed by atoms with Crippen molar-refractivity contribution in [3.05, 3.63) is 54.3 Å². The number of aromatic nitrogens is 7. The van der Waals surface area contributed by atoms with E-state index in [-0.39, 0.29) is 5.89 Å². The molecule has 1 aromatic carbocycles. The van der Waals surface area contributed by atoms with Crippen LogP contribution < -0.4 is 5.73 Å². The first kappa shape index (κ1) is 18.2. The Kier molecular flexibility index (Phi) is 4.39.